The average Bonchev–Trinajstić information content (AvgIpc) is 2.94. The number of hydrogen-bond acceptors (Lipinski definition) is 4. The van der Waals surface area contributed by atoms with E-state index >= 15 is 0 Å². The Bertz CT molecular complexity index is 1400. The Morgan fingerprint density at radius 3 is 2.62 bits per heavy atom. The van der Waals surface area contributed by atoms with E-state index in [9.17, 15) is 9.90 Å². The summed E-state index contributed by atoms with van der Waals surface area (Å²) in [6, 6.07) is 18.4. The quantitative estimate of drug-likeness (QED) is 0.336. The summed E-state index contributed by atoms with van der Waals surface area (Å²) in [5.41, 5.74) is 6.55. The maximum atomic E-state index is 11.2. The van der Waals surface area contributed by atoms with Crippen LogP contribution in [0.15, 0.2) is 83.5 Å². The van der Waals surface area contributed by atoms with Gasteiger partial charge in [0.25, 0.3) is 0 Å². The monoisotopic (exact) mass is 494 g/mol. The fourth-order valence-corrected chi connectivity index (χ4v) is 5.43. The fraction of sp³-hybridized carbons (Fsp3) is 0.312. The van der Waals surface area contributed by atoms with Gasteiger partial charge in [-0.3, -0.25) is 4.99 Å². The van der Waals surface area contributed by atoms with E-state index in [1.807, 2.05) is 0 Å². The first kappa shape index (κ1) is 24.8. The summed E-state index contributed by atoms with van der Waals surface area (Å²) >= 11 is 0. The molecule has 2 aliphatic rings. The topological polar surface area (TPSA) is 70.9 Å². The predicted molar refractivity (Wildman–Crippen MR) is 151 cm³/mol. The molecule has 0 unspecified atom stereocenters. The number of anilines is 1. The molecule has 0 radical (unpaired) electrons. The number of allylic oxidation sites excluding steroid dienone is 2. The Kier molecular flexibility index (Phi) is 7.40. The van der Waals surface area contributed by atoms with Gasteiger partial charge in [-0.2, -0.15) is 0 Å². The van der Waals surface area contributed by atoms with Gasteiger partial charge in [0.2, 0.25) is 0 Å². The van der Waals surface area contributed by atoms with E-state index in [0.29, 0.717) is 18.2 Å². The molecule has 37 heavy (non-hydrogen) atoms. The molecule has 2 N–H and O–H groups in total. The van der Waals surface area contributed by atoms with Crippen molar-refractivity contribution in [3.8, 4) is 5.75 Å². The van der Waals surface area contributed by atoms with E-state index in [2.05, 4.69) is 54.4 Å². The molecule has 1 heterocycles. The molecule has 0 saturated heterocycles. The second kappa shape index (κ2) is 11.0. The van der Waals surface area contributed by atoms with E-state index < -0.39 is 5.97 Å². The summed E-state index contributed by atoms with van der Waals surface area (Å²) < 4.78 is 5.36. The molecule has 0 atom stereocenters. The first-order valence-corrected chi connectivity index (χ1v) is 13.2. The van der Waals surface area contributed by atoms with Crippen LogP contribution in [0, 0.1) is 0 Å². The molecule has 1 aliphatic heterocycles. The van der Waals surface area contributed by atoms with Gasteiger partial charge in [0.05, 0.1) is 24.1 Å². The van der Waals surface area contributed by atoms with E-state index in [-0.39, 0.29) is 5.56 Å². The Labute approximate surface area is 218 Å². The van der Waals surface area contributed by atoms with Crippen molar-refractivity contribution in [2.75, 3.05) is 19.0 Å². The highest BCUT2D eigenvalue weighted by Gasteiger charge is 2.17. The van der Waals surface area contributed by atoms with Gasteiger partial charge < -0.3 is 15.2 Å². The number of ether oxygens (including phenoxy) is 1. The van der Waals surface area contributed by atoms with Crippen molar-refractivity contribution in [2.24, 2.45) is 4.99 Å². The molecule has 5 heteroatoms. The second-order valence-electron chi connectivity index (χ2n) is 10.0. The maximum absolute atomic E-state index is 11.2. The van der Waals surface area contributed by atoms with Crippen LogP contribution in [0.4, 0.5) is 5.69 Å². The van der Waals surface area contributed by atoms with E-state index in [0.717, 1.165) is 41.1 Å². The summed E-state index contributed by atoms with van der Waals surface area (Å²) in [6.45, 7) is 4.93. The molecule has 0 amide bonds. The van der Waals surface area contributed by atoms with Gasteiger partial charge in [0.1, 0.15) is 5.75 Å². The van der Waals surface area contributed by atoms with Crippen LogP contribution >= 0.6 is 0 Å². The van der Waals surface area contributed by atoms with Crippen molar-refractivity contribution in [3.63, 3.8) is 0 Å². The van der Waals surface area contributed by atoms with Gasteiger partial charge in [0, 0.05) is 24.2 Å². The summed E-state index contributed by atoms with van der Waals surface area (Å²) in [5.74, 6) is 0.243. The van der Waals surface area contributed by atoms with E-state index in [1.54, 1.807) is 19.2 Å². The molecule has 1 fully saturated rings. The lowest BCUT2D eigenvalue weighted by atomic mass is 9.83. The Morgan fingerprint density at radius 1 is 1.05 bits per heavy atom. The maximum Gasteiger partial charge on any atom is 0.335 e. The molecule has 190 valence electrons. The summed E-state index contributed by atoms with van der Waals surface area (Å²) in [7, 11) is 1.54. The third-order valence-electron chi connectivity index (χ3n) is 7.53. The van der Waals surface area contributed by atoms with Crippen LogP contribution in [0.3, 0.4) is 0 Å². The number of fused-ring (bicyclic) bond motifs is 1. The van der Waals surface area contributed by atoms with Crippen molar-refractivity contribution in [1.82, 2.24) is 0 Å². The van der Waals surface area contributed by atoms with E-state index in [1.165, 1.54) is 54.5 Å². The Hall–Kier alpha value is -3.86. The number of benzene rings is 3. The third-order valence-corrected chi connectivity index (χ3v) is 7.53. The molecule has 1 aliphatic carbocycles. The van der Waals surface area contributed by atoms with Crippen LogP contribution in [0.1, 0.15) is 72.3 Å². The minimum atomic E-state index is -0.974. The summed E-state index contributed by atoms with van der Waals surface area (Å²) in [4.78, 5) is 16.2. The molecule has 5 rings (SSSR count). The van der Waals surface area contributed by atoms with Crippen LogP contribution in [-0.2, 0) is 0 Å². The van der Waals surface area contributed by atoms with Crippen molar-refractivity contribution >= 4 is 28.1 Å². The Morgan fingerprint density at radius 2 is 1.84 bits per heavy atom. The van der Waals surface area contributed by atoms with Gasteiger partial charge in [-0.05, 0) is 71.4 Å². The van der Waals surface area contributed by atoms with Crippen LogP contribution < -0.4 is 10.1 Å². The zero-order valence-electron chi connectivity index (χ0n) is 21.4. The molecule has 1 saturated carbocycles. The lowest BCUT2D eigenvalue weighted by molar-refractivity contribution is 0.0696. The number of hydrogen-bond donors (Lipinski definition) is 2. The number of rotatable bonds is 8. The molecule has 0 bridgehead atoms. The SMILES string of the molecule is C=C1CC=C(CCNc2ccc(C(=O)O)cc2OC)N=C1c1ccc2cc(C3CCCCC3)ccc2c1. The second-order valence-corrected chi connectivity index (χ2v) is 10.0. The first-order chi connectivity index (χ1) is 18.0. The number of carboxylic acid groups (broad SMARTS) is 1. The highest BCUT2D eigenvalue weighted by Crippen LogP contribution is 2.34. The third kappa shape index (κ3) is 5.61. The van der Waals surface area contributed by atoms with E-state index in [4.69, 9.17) is 9.73 Å². The van der Waals surface area contributed by atoms with Crippen LogP contribution in [0.2, 0.25) is 0 Å². The number of aromatic carboxylic acids is 1. The lowest BCUT2D eigenvalue weighted by Gasteiger charge is -2.22. The van der Waals surface area contributed by atoms with Crippen molar-refractivity contribution in [3.05, 3.63) is 95.2 Å². The van der Waals surface area contributed by atoms with Gasteiger partial charge in [-0.1, -0.05) is 62.2 Å². The minimum absolute atomic E-state index is 0.200. The number of methoxy groups -OCH3 is 1. The summed E-state index contributed by atoms with van der Waals surface area (Å²) in [6.07, 6.45) is 10.3. The van der Waals surface area contributed by atoms with Gasteiger partial charge in [0.15, 0.2) is 0 Å². The molecule has 5 nitrogen and oxygen atoms in total. The minimum Gasteiger partial charge on any atom is -0.495 e. The average molecular weight is 495 g/mol. The molecule has 0 spiro atoms. The van der Waals surface area contributed by atoms with Gasteiger partial charge in [-0.25, -0.2) is 4.79 Å². The van der Waals surface area contributed by atoms with Crippen LogP contribution in [0.5, 0.6) is 5.75 Å². The normalized spacial score (nSPS) is 16.3. The number of carbonyl (C=O) groups is 1. The predicted octanol–water partition coefficient (Wildman–Crippen LogP) is 7.73. The van der Waals surface area contributed by atoms with Crippen molar-refractivity contribution in [2.45, 2.75) is 50.9 Å². The molecule has 3 aromatic rings. The van der Waals surface area contributed by atoms with Crippen LogP contribution in [0.25, 0.3) is 10.8 Å². The number of nitrogens with one attached hydrogen (secondary N) is 1. The van der Waals surface area contributed by atoms with Gasteiger partial charge in [-0.15, -0.1) is 0 Å². The summed E-state index contributed by atoms with van der Waals surface area (Å²) in [5, 5.41) is 15.1. The largest absolute Gasteiger partial charge is 0.495 e. The van der Waals surface area contributed by atoms with Crippen molar-refractivity contribution < 1.29 is 14.6 Å². The zero-order valence-corrected chi connectivity index (χ0v) is 21.4. The molecule has 3 aromatic carbocycles. The fourth-order valence-electron chi connectivity index (χ4n) is 5.43. The highest BCUT2D eigenvalue weighted by atomic mass is 16.5. The molecule has 0 aromatic heterocycles. The zero-order chi connectivity index (χ0) is 25.8. The number of aliphatic imine (C=N–C) groups is 1. The number of carboxylic acids is 1. The van der Waals surface area contributed by atoms with Crippen molar-refractivity contribution in [1.29, 1.82) is 0 Å². The first-order valence-electron chi connectivity index (χ1n) is 13.2. The Balaban J connectivity index is 1.28. The molecular weight excluding hydrogens is 460 g/mol. The lowest BCUT2D eigenvalue weighted by Crippen LogP contribution is -2.11. The highest BCUT2D eigenvalue weighted by molar-refractivity contribution is 6.14. The van der Waals surface area contributed by atoms with Crippen LogP contribution in [-0.4, -0.2) is 30.4 Å². The standard InChI is InChI=1S/C32H34N2O3/c1-21-8-14-28(16-17-33-29-15-13-27(32(35)36)20-30(29)37-2)34-31(21)26-12-11-24-18-23(9-10-25(24)19-26)22-6-4-3-5-7-22/h9-15,18-20,22,33H,1,3-8,16-17H2,2H3,(H,35,36). The number of nitrogens with zero attached hydrogens (tertiary/aromatic N) is 1. The van der Waals surface area contributed by atoms with Gasteiger partial charge >= 0.3 is 5.97 Å². The molecular formula is C32H34N2O3. The smallest absolute Gasteiger partial charge is 0.335 e.